The number of halogens is 3. The third-order valence-corrected chi connectivity index (χ3v) is 6.84. The number of carboxylic acid groups (broad SMARTS) is 1. The lowest BCUT2D eigenvalue weighted by Crippen LogP contribution is -2.34. The van der Waals surface area contributed by atoms with Crippen LogP contribution in [0, 0.1) is 0 Å². The fourth-order valence-electron chi connectivity index (χ4n) is 4.09. The average molecular weight is 470 g/mol. The van der Waals surface area contributed by atoms with Gasteiger partial charge < -0.3 is 15.1 Å². The molecule has 0 bridgehead atoms. The van der Waals surface area contributed by atoms with E-state index in [9.17, 15) is 27.9 Å². The fraction of sp³-hybridized carbons (Fsp3) is 0.478. The highest BCUT2D eigenvalue weighted by Crippen LogP contribution is 2.30. The van der Waals surface area contributed by atoms with Crippen molar-refractivity contribution in [3.8, 4) is 0 Å². The van der Waals surface area contributed by atoms with E-state index in [1.807, 2.05) is 4.90 Å². The highest BCUT2D eigenvalue weighted by atomic mass is 32.1. The van der Waals surface area contributed by atoms with Crippen LogP contribution in [0.15, 0.2) is 36.4 Å². The number of aliphatic hydroxyl groups excluding tert-OH is 1. The summed E-state index contributed by atoms with van der Waals surface area (Å²) < 4.78 is 38.6. The van der Waals surface area contributed by atoms with E-state index in [4.69, 9.17) is 5.11 Å². The molecule has 0 radical (unpaired) electrons. The number of alkyl halides is 3. The van der Waals surface area contributed by atoms with Crippen molar-refractivity contribution >= 4 is 23.2 Å². The molecule has 2 heterocycles. The predicted molar refractivity (Wildman–Crippen MR) is 115 cm³/mol. The molecule has 174 valence electrons. The van der Waals surface area contributed by atoms with E-state index >= 15 is 0 Å². The van der Waals surface area contributed by atoms with Crippen LogP contribution in [-0.2, 0) is 23.8 Å². The minimum absolute atomic E-state index is 0.0107. The molecule has 5 nitrogen and oxygen atoms in total. The molecule has 0 spiro atoms. The maximum absolute atomic E-state index is 12.9. The number of likely N-dealkylation sites (tertiary alicyclic amines) is 1. The van der Waals surface area contributed by atoms with Crippen molar-refractivity contribution in [2.75, 3.05) is 6.54 Å². The van der Waals surface area contributed by atoms with Gasteiger partial charge in [-0.1, -0.05) is 18.2 Å². The number of thiophene rings is 1. The quantitative estimate of drug-likeness (QED) is 0.525. The molecule has 9 heteroatoms. The lowest BCUT2D eigenvalue weighted by Gasteiger charge is -2.25. The Morgan fingerprint density at radius 1 is 1.25 bits per heavy atom. The standard InChI is InChI=1S/C23H26F3NO4S/c24-23(25,26)16-4-1-3-15(13-16)14-18(28)8-6-17-7-11-21(29)27(17)12-2-5-19-9-10-20(32-19)22(30)31/h1,3-4,9-10,13,17-18,28H,2,5-8,11-12,14H2,(H,30,31)/t17-,18-/m0/s1. The van der Waals surface area contributed by atoms with E-state index in [0.29, 0.717) is 55.5 Å². The monoisotopic (exact) mass is 469 g/mol. The van der Waals surface area contributed by atoms with Crippen LogP contribution < -0.4 is 0 Å². The fourth-order valence-corrected chi connectivity index (χ4v) is 4.97. The first kappa shape index (κ1) is 24.3. The summed E-state index contributed by atoms with van der Waals surface area (Å²) in [4.78, 5) is 26.3. The van der Waals surface area contributed by atoms with Gasteiger partial charge in [-0.05, 0) is 62.3 Å². The molecule has 1 amide bonds. The summed E-state index contributed by atoms with van der Waals surface area (Å²) in [6, 6.07) is 8.38. The summed E-state index contributed by atoms with van der Waals surface area (Å²) in [5.41, 5.74) is -0.292. The molecule has 1 aromatic carbocycles. The smallest absolute Gasteiger partial charge is 0.416 e. The van der Waals surface area contributed by atoms with Gasteiger partial charge in [-0.2, -0.15) is 13.2 Å². The van der Waals surface area contributed by atoms with Gasteiger partial charge in [0.25, 0.3) is 0 Å². The van der Waals surface area contributed by atoms with E-state index < -0.39 is 23.8 Å². The molecule has 1 saturated heterocycles. The SMILES string of the molecule is O=C(O)c1ccc(CCCN2C(=O)CC[C@@H]2CC[C@H](O)Cc2cccc(C(F)(F)F)c2)s1. The van der Waals surface area contributed by atoms with Crippen LogP contribution in [0.5, 0.6) is 0 Å². The molecule has 0 unspecified atom stereocenters. The van der Waals surface area contributed by atoms with E-state index in [-0.39, 0.29) is 18.4 Å². The normalized spacial score (nSPS) is 17.7. The molecule has 2 atom stereocenters. The van der Waals surface area contributed by atoms with Crippen molar-refractivity contribution in [1.82, 2.24) is 4.90 Å². The van der Waals surface area contributed by atoms with Crippen molar-refractivity contribution in [1.29, 1.82) is 0 Å². The van der Waals surface area contributed by atoms with Crippen LogP contribution in [-0.4, -0.2) is 45.7 Å². The largest absolute Gasteiger partial charge is 0.477 e. The number of nitrogens with zero attached hydrogens (tertiary/aromatic N) is 1. The molecule has 1 aliphatic heterocycles. The van der Waals surface area contributed by atoms with Crippen LogP contribution in [0.4, 0.5) is 13.2 Å². The number of hydrogen-bond donors (Lipinski definition) is 2. The van der Waals surface area contributed by atoms with Crippen LogP contribution in [0.25, 0.3) is 0 Å². The Balaban J connectivity index is 1.47. The highest BCUT2D eigenvalue weighted by molar-refractivity contribution is 7.13. The van der Waals surface area contributed by atoms with Gasteiger partial charge in [-0.25, -0.2) is 4.79 Å². The summed E-state index contributed by atoms with van der Waals surface area (Å²) in [5, 5.41) is 19.3. The highest BCUT2D eigenvalue weighted by Gasteiger charge is 2.32. The van der Waals surface area contributed by atoms with Crippen molar-refractivity contribution in [3.63, 3.8) is 0 Å². The number of carbonyl (C=O) groups excluding carboxylic acids is 1. The lowest BCUT2D eigenvalue weighted by molar-refractivity contribution is -0.137. The number of aliphatic hydroxyl groups is 1. The zero-order valence-electron chi connectivity index (χ0n) is 17.5. The molecule has 2 aromatic rings. The molecule has 32 heavy (non-hydrogen) atoms. The molecule has 2 N–H and O–H groups in total. The van der Waals surface area contributed by atoms with E-state index in [1.54, 1.807) is 18.2 Å². The van der Waals surface area contributed by atoms with Gasteiger partial charge in [0.05, 0.1) is 11.7 Å². The first-order valence-corrected chi connectivity index (χ1v) is 11.4. The first-order chi connectivity index (χ1) is 15.1. The van der Waals surface area contributed by atoms with Crippen LogP contribution in [0.3, 0.4) is 0 Å². The Labute approximate surface area is 188 Å². The molecule has 0 saturated carbocycles. The third kappa shape index (κ3) is 6.56. The number of carbonyl (C=O) groups is 2. The Kier molecular flexibility index (Phi) is 7.95. The van der Waals surface area contributed by atoms with E-state index in [0.717, 1.165) is 17.0 Å². The Bertz CT molecular complexity index is 943. The van der Waals surface area contributed by atoms with Gasteiger partial charge in [0, 0.05) is 23.9 Å². The summed E-state index contributed by atoms with van der Waals surface area (Å²) in [7, 11) is 0. The second-order valence-electron chi connectivity index (χ2n) is 8.09. The topological polar surface area (TPSA) is 77.8 Å². The Morgan fingerprint density at radius 2 is 2.03 bits per heavy atom. The summed E-state index contributed by atoms with van der Waals surface area (Å²) >= 11 is 1.24. The average Bonchev–Trinajstić information content (AvgIpc) is 3.34. The Morgan fingerprint density at radius 3 is 2.72 bits per heavy atom. The molecule has 3 rings (SSSR count). The number of hydrogen-bond acceptors (Lipinski definition) is 4. The van der Waals surface area contributed by atoms with Crippen molar-refractivity contribution < 1.29 is 33.0 Å². The van der Waals surface area contributed by atoms with Crippen LogP contribution in [0.1, 0.15) is 57.8 Å². The van der Waals surface area contributed by atoms with Crippen molar-refractivity contribution in [2.45, 2.75) is 63.3 Å². The van der Waals surface area contributed by atoms with Gasteiger partial charge >= 0.3 is 12.1 Å². The van der Waals surface area contributed by atoms with Crippen LogP contribution >= 0.6 is 11.3 Å². The maximum Gasteiger partial charge on any atom is 0.416 e. The molecular weight excluding hydrogens is 443 g/mol. The summed E-state index contributed by atoms with van der Waals surface area (Å²) in [6.07, 6.45) is -1.50. The van der Waals surface area contributed by atoms with Gasteiger partial charge in [0.1, 0.15) is 4.88 Å². The van der Waals surface area contributed by atoms with Crippen LogP contribution in [0.2, 0.25) is 0 Å². The number of aromatic carboxylic acids is 1. The number of rotatable bonds is 10. The molecule has 1 aromatic heterocycles. The van der Waals surface area contributed by atoms with E-state index in [1.165, 1.54) is 17.4 Å². The number of carboxylic acids is 1. The maximum atomic E-state index is 12.9. The summed E-state index contributed by atoms with van der Waals surface area (Å²) in [5.74, 6) is -0.875. The van der Waals surface area contributed by atoms with Gasteiger partial charge in [0.2, 0.25) is 5.91 Å². The van der Waals surface area contributed by atoms with Gasteiger partial charge in [-0.3, -0.25) is 4.79 Å². The van der Waals surface area contributed by atoms with Crippen molar-refractivity contribution in [3.05, 3.63) is 57.3 Å². The molecular formula is C23H26F3NO4S. The van der Waals surface area contributed by atoms with Gasteiger partial charge in [-0.15, -0.1) is 11.3 Å². The Hall–Kier alpha value is -2.39. The van der Waals surface area contributed by atoms with E-state index in [2.05, 4.69) is 0 Å². The summed E-state index contributed by atoms with van der Waals surface area (Å²) in [6.45, 7) is 0.563. The second-order valence-corrected chi connectivity index (χ2v) is 9.26. The predicted octanol–water partition coefficient (Wildman–Crippen LogP) is 4.77. The third-order valence-electron chi connectivity index (χ3n) is 5.71. The molecule has 0 aliphatic carbocycles. The molecule has 1 aliphatic rings. The number of amides is 1. The van der Waals surface area contributed by atoms with Crippen molar-refractivity contribution in [2.24, 2.45) is 0 Å². The molecule has 1 fully saturated rings. The zero-order chi connectivity index (χ0) is 23.3. The number of benzene rings is 1. The van der Waals surface area contributed by atoms with Gasteiger partial charge in [0.15, 0.2) is 0 Å². The lowest BCUT2D eigenvalue weighted by atomic mass is 9.99. The minimum Gasteiger partial charge on any atom is -0.477 e. The number of aryl methyl sites for hydroxylation is 1. The minimum atomic E-state index is -4.41. The zero-order valence-corrected chi connectivity index (χ0v) is 18.3. The second kappa shape index (κ2) is 10.5. The first-order valence-electron chi connectivity index (χ1n) is 10.6.